The highest BCUT2D eigenvalue weighted by Gasteiger charge is 2.24. The number of anilines is 1. The number of nitro groups is 1. The van der Waals surface area contributed by atoms with Crippen molar-refractivity contribution in [3.05, 3.63) is 81.4 Å². The number of nitro benzene ring substituents is 1. The molecule has 0 aliphatic rings. The van der Waals surface area contributed by atoms with Gasteiger partial charge in [0.15, 0.2) is 0 Å². The molecule has 0 heterocycles. The number of rotatable bonds is 7. The van der Waals surface area contributed by atoms with E-state index in [4.69, 9.17) is 0 Å². The van der Waals surface area contributed by atoms with Gasteiger partial charge in [0.25, 0.3) is 5.69 Å². The maximum atomic E-state index is 12.5. The SMILES string of the molecule is CCc1c(C(=O)O)ccc([N+](=O)[O-])c1NC(=O)CCc1ccc2ccccc2c1. The molecule has 148 valence electrons. The highest BCUT2D eigenvalue weighted by molar-refractivity contribution is 5.99. The molecule has 0 aliphatic heterocycles. The van der Waals surface area contributed by atoms with Crippen LogP contribution in [-0.2, 0) is 17.6 Å². The van der Waals surface area contributed by atoms with Crippen LogP contribution in [0.5, 0.6) is 0 Å². The Balaban J connectivity index is 1.81. The van der Waals surface area contributed by atoms with Gasteiger partial charge in [-0.05, 0) is 40.8 Å². The Morgan fingerprint density at radius 2 is 1.79 bits per heavy atom. The summed E-state index contributed by atoms with van der Waals surface area (Å²) in [5.41, 5.74) is 0.809. The second kappa shape index (κ2) is 8.52. The molecule has 0 unspecified atom stereocenters. The van der Waals surface area contributed by atoms with E-state index in [1.54, 1.807) is 6.92 Å². The van der Waals surface area contributed by atoms with E-state index < -0.39 is 16.8 Å². The van der Waals surface area contributed by atoms with Crippen LogP contribution in [0, 0.1) is 10.1 Å². The topological polar surface area (TPSA) is 110 Å². The third-order valence-electron chi connectivity index (χ3n) is 4.79. The van der Waals surface area contributed by atoms with Gasteiger partial charge in [0, 0.05) is 12.5 Å². The molecule has 2 N–H and O–H groups in total. The van der Waals surface area contributed by atoms with Crippen molar-refractivity contribution in [1.82, 2.24) is 0 Å². The number of aromatic carboxylic acids is 1. The van der Waals surface area contributed by atoms with E-state index in [1.165, 1.54) is 6.07 Å². The molecule has 0 bridgehead atoms. The first-order valence-corrected chi connectivity index (χ1v) is 9.21. The largest absolute Gasteiger partial charge is 0.478 e. The van der Waals surface area contributed by atoms with E-state index in [2.05, 4.69) is 5.32 Å². The van der Waals surface area contributed by atoms with E-state index in [0.717, 1.165) is 22.4 Å². The molecule has 3 aromatic carbocycles. The number of carbonyl (C=O) groups excluding carboxylic acids is 1. The number of fused-ring (bicyclic) bond motifs is 1. The van der Waals surface area contributed by atoms with Gasteiger partial charge >= 0.3 is 5.97 Å². The molecule has 0 aromatic heterocycles. The number of aryl methyl sites for hydroxylation is 1. The van der Waals surface area contributed by atoms with Crippen LogP contribution < -0.4 is 5.32 Å². The van der Waals surface area contributed by atoms with Crippen LogP contribution in [0.3, 0.4) is 0 Å². The number of benzene rings is 3. The van der Waals surface area contributed by atoms with E-state index in [-0.39, 0.29) is 35.3 Å². The lowest BCUT2D eigenvalue weighted by Crippen LogP contribution is -2.17. The van der Waals surface area contributed by atoms with Crippen molar-refractivity contribution in [1.29, 1.82) is 0 Å². The highest BCUT2D eigenvalue weighted by Crippen LogP contribution is 2.32. The molecule has 0 atom stereocenters. The summed E-state index contributed by atoms with van der Waals surface area (Å²) in [6.45, 7) is 1.69. The molecule has 0 radical (unpaired) electrons. The zero-order valence-electron chi connectivity index (χ0n) is 15.8. The smallest absolute Gasteiger partial charge is 0.336 e. The zero-order chi connectivity index (χ0) is 21.0. The van der Waals surface area contributed by atoms with Crippen LogP contribution in [0.15, 0.2) is 54.6 Å². The van der Waals surface area contributed by atoms with Gasteiger partial charge in [-0.15, -0.1) is 0 Å². The number of nitrogens with zero attached hydrogens (tertiary/aromatic N) is 1. The Bertz CT molecular complexity index is 1110. The minimum absolute atomic E-state index is 0.0408. The molecule has 29 heavy (non-hydrogen) atoms. The lowest BCUT2D eigenvalue weighted by Gasteiger charge is -2.13. The number of carboxylic acids is 1. The number of carboxylic acid groups (broad SMARTS) is 1. The van der Waals surface area contributed by atoms with Gasteiger partial charge in [-0.3, -0.25) is 14.9 Å². The van der Waals surface area contributed by atoms with Crippen molar-refractivity contribution in [3.8, 4) is 0 Å². The van der Waals surface area contributed by atoms with Gasteiger partial charge in [0.05, 0.1) is 10.5 Å². The van der Waals surface area contributed by atoms with Gasteiger partial charge in [-0.1, -0.05) is 49.4 Å². The summed E-state index contributed by atoms with van der Waals surface area (Å²) in [5.74, 6) is -1.60. The number of hydrogen-bond donors (Lipinski definition) is 2. The molecule has 0 spiro atoms. The zero-order valence-corrected chi connectivity index (χ0v) is 15.8. The van der Waals surface area contributed by atoms with Crippen molar-refractivity contribution >= 4 is 34.0 Å². The summed E-state index contributed by atoms with van der Waals surface area (Å²) < 4.78 is 0. The molecule has 3 aromatic rings. The van der Waals surface area contributed by atoms with Crippen LogP contribution in [-0.4, -0.2) is 21.9 Å². The lowest BCUT2D eigenvalue weighted by atomic mass is 10.0. The molecule has 0 saturated heterocycles. The van der Waals surface area contributed by atoms with Crippen LogP contribution in [0.4, 0.5) is 11.4 Å². The van der Waals surface area contributed by atoms with Crippen LogP contribution in [0.1, 0.15) is 34.8 Å². The van der Waals surface area contributed by atoms with E-state index in [1.807, 2.05) is 42.5 Å². The van der Waals surface area contributed by atoms with E-state index in [0.29, 0.717) is 6.42 Å². The summed E-state index contributed by atoms with van der Waals surface area (Å²) >= 11 is 0. The maximum absolute atomic E-state index is 12.5. The molecule has 1 amide bonds. The normalized spacial score (nSPS) is 10.7. The third-order valence-corrected chi connectivity index (χ3v) is 4.79. The summed E-state index contributed by atoms with van der Waals surface area (Å²) in [5, 5.41) is 25.5. The Labute approximate surface area is 167 Å². The predicted octanol–water partition coefficient (Wildman–Crippen LogP) is 4.58. The minimum atomic E-state index is -1.19. The van der Waals surface area contributed by atoms with E-state index in [9.17, 15) is 24.8 Å². The quantitative estimate of drug-likeness (QED) is 0.452. The number of hydrogen-bond acceptors (Lipinski definition) is 4. The van der Waals surface area contributed by atoms with Crippen molar-refractivity contribution < 1.29 is 19.6 Å². The average Bonchev–Trinajstić information content (AvgIpc) is 2.71. The summed E-state index contributed by atoms with van der Waals surface area (Å²) in [6, 6.07) is 16.1. The molecule has 0 saturated carbocycles. The maximum Gasteiger partial charge on any atom is 0.336 e. The molecule has 7 nitrogen and oxygen atoms in total. The molecule has 7 heteroatoms. The van der Waals surface area contributed by atoms with Gasteiger partial charge in [-0.2, -0.15) is 0 Å². The second-order valence-corrected chi connectivity index (χ2v) is 6.63. The van der Waals surface area contributed by atoms with Gasteiger partial charge in [0.1, 0.15) is 5.69 Å². The fourth-order valence-electron chi connectivity index (χ4n) is 3.35. The Morgan fingerprint density at radius 1 is 1.07 bits per heavy atom. The van der Waals surface area contributed by atoms with Crippen molar-refractivity contribution in [3.63, 3.8) is 0 Å². The van der Waals surface area contributed by atoms with Gasteiger partial charge in [0.2, 0.25) is 5.91 Å². The number of amides is 1. The summed E-state index contributed by atoms with van der Waals surface area (Å²) in [6.07, 6.45) is 0.824. The minimum Gasteiger partial charge on any atom is -0.478 e. The predicted molar refractivity (Wildman–Crippen MR) is 110 cm³/mol. The Hall–Kier alpha value is -3.74. The molecule has 0 aliphatic carbocycles. The molecule has 3 rings (SSSR count). The molecule has 0 fully saturated rings. The fraction of sp³-hybridized carbons (Fsp3) is 0.182. The highest BCUT2D eigenvalue weighted by atomic mass is 16.6. The third kappa shape index (κ3) is 4.40. The van der Waals surface area contributed by atoms with Gasteiger partial charge in [-0.25, -0.2) is 4.79 Å². The van der Waals surface area contributed by atoms with Crippen LogP contribution >= 0.6 is 0 Å². The number of carbonyl (C=O) groups is 2. The average molecular weight is 392 g/mol. The van der Waals surface area contributed by atoms with E-state index >= 15 is 0 Å². The van der Waals surface area contributed by atoms with Crippen molar-refractivity contribution in [2.45, 2.75) is 26.2 Å². The summed E-state index contributed by atoms with van der Waals surface area (Å²) in [7, 11) is 0. The first-order chi connectivity index (χ1) is 13.9. The van der Waals surface area contributed by atoms with Crippen LogP contribution in [0.25, 0.3) is 10.8 Å². The van der Waals surface area contributed by atoms with Crippen LogP contribution in [0.2, 0.25) is 0 Å². The Kier molecular flexibility index (Phi) is 5.87. The fourth-order valence-corrected chi connectivity index (χ4v) is 3.35. The monoisotopic (exact) mass is 392 g/mol. The van der Waals surface area contributed by atoms with Crippen molar-refractivity contribution in [2.24, 2.45) is 0 Å². The first-order valence-electron chi connectivity index (χ1n) is 9.21. The van der Waals surface area contributed by atoms with Gasteiger partial charge < -0.3 is 10.4 Å². The molecular weight excluding hydrogens is 372 g/mol. The molecular formula is C22H20N2O5. The number of nitrogens with one attached hydrogen (secondary N) is 1. The Morgan fingerprint density at radius 3 is 2.45 bits per heavy atom. The van der Waals surface area contributed by atoms with Crippen molar-refractivity contribution in [2.75, 3.05) is 5.32 Å². The lowest BCUT2D eigenvalue weighted by molar-refractivity contribution is -0.384. The summed E-state index contributed by atoms with van der Waals surface area (Å²) in [4.78, 5) is 34.7. The second-order valence-electron chi connectivity index (χ2n) is 6.63. The first kappa shape index (κ1) is 20.0. The standard InChI is InChI=1S/C22H20N2O5/c1-2-17-18(22(26)27)10-11-19(24(28)29)21(17)23-20(25)12-8-14-7-9-15-5-3-4-6-16(15)13-14/h3-7,9-11,13H,2,8,12H2,1H3,(H,23,25)(H,26,27).